The summed E-state index contributed by atoms with van der Waals surface area (Å²) in [6.45, 7) is 3.37. The molecule has 2 fully saturated rings. The van der Waals surface area contributed by atoms with Crippen LogP contribution in [0.1, 0.15) is 24.1 Å². The van der Waals surface area contributed by atoms with Crippen LogP contribution in [-0.2, 0) is 9.53 Å². The number of carbonyl (C=O) groups excluding carboxylic acids is 1. The van der Waals surface area contributed by atoms with Crippen LogP contribution < -0.4 is 10.2 Å². The Kier molecular flexibility index (Phi) is 3.76. The molecule has 0 bridgehead atoms. The predicted octanol–water partition coefficient (Wildman–Crippen LogP) is 0.745. The van der Waals surface area contributed by atoms with Crippen LogP contribution in [0, 0.1) is 18.3 Å². The fourth-order valence-corrected chi connectivity index (χ4v) is 2.48. The number of amides is 1. The van der Waals surface area contributed by atoms with Crippen LogP contribution >= 0.6 is 0 Å². The van der Waals surface area contributed by atoms with Crippen molar-refractivity contribution in [3.05, 3.63) is 23.4 Å². The first-order valence-corrected chi connectivity index (χ1v) is 7.21. The van der Waals surface area contributed by atoms with Gasteiger partial charge in [0.15, 0.2) is 0 Å². The minimum atomic E-state index is -0.375. The summed E-state index contributed by atoms with van der Waals surface area (Å²) in [7, 11) is 0. The van der Waals surface area contributed by atoms with E-state index in [-0.39, 0.29) is 11.9 Å². The Morgan fingerprint density at radius 3 is 3.05 bits per heavy atom. The van der Waals surface area contributed by atoms with Gasteiger partial charge in [-0.1, -0.05) is 0 Å². The van der Waals surface area contributed by atoms with Gasteiger partial charge in [-0.15, -0.1) is 0 Å². The van der Waals surface area contributed by atoms with E-state index in [1.54, 1.807) is 12.1 Å². The highest BCUT2D eigenvalue weighted by Gasteiger charge is 2.34. The van der Waals surface area contributed by atoms with Crippen LogP contribution in [0.3, 0.4) is 0 Å². The molecular weight excluding hydrogens is 268 g/mol. The van der Waals surface area contributed by atoms with Crippen molar-refractivity contribution in [3.63, 3.8) is 0 Å². The summed E-state index contributed by atoms with van der Waals surface area (Å²) in [5.74, 6) is 0.657. The summed E-state index contributed by atoms with van der Waals surface area (Å²) in [6, 6.07) is 5.55. The molecular formula is C15H18N4O2. The number of aromatic nitrogens is 1. The molecule has 110 valence electrons. The molecule has 1 atom stereocenters. The number of pyridine rings is 1. The molecule has 1 N–H and O–H groups in total. The lowest BCUT2D eigenvalue weighted by Gasteiger charge is -2.35. The number of nitrogens with zero attached hydrogens (tertiary/aromatic N) is 3. The molecule has 0 spiro atoms. The van der Waals surface area contributed by atoms with Gasteiger partial charge in [0.2, 0.25) is 5.91 Å². The number of anilines is 1. The largest absolute Gasteiger partial charge is 0.377 e. The first-order valence-electron chi connectivity index (χ1n) is 7.21. The number of ether oxygens (including phenoxy) is 1. The van der Waals surface area contributed by atoms with E-state index in [1.807, 2.05) is 11.8 Å². The second-order valence-corrected chi connectivity index (χ2v) is 5.53. The number of rotatable bonds is 3. The average molecular weight is 286 g/mol. The Bertz CT molecular complexity index is 592. The lowest BCUT2D eigenvalue weighted by Crippen LogP contribution is -2.54. The number of aryl methyl sites for hydroxylation is 1. The monoisotopic (exact) mass is 286 g/mol. The zero-order valence-corrected chi connectivity index (χ0v) is 12.0. The highest BCUT2D eigenvalue weighted by Crippen LogP contribution is 2.22. The summed E-state index contributed by atoms with van der Waals surface area (Å²) < 4.78 is 5.45. The van der Waals surface area contributed by atoms with Gasteiger partial charge in [0.1, 0.15) is 11.9 Å². The number of hydrogen-bond acceptors (Lipinski definition) is 5. The Morgan fingerprint density at radius 2 is 2.33 bits per heavy atom. The Labute approximate surface area is 123 Å². The van der Waals surface area contributed by atoms with Crippen molar-refractivity contribution in [2.24, 2.45) is 0 Å². The highest BCUT2D eigenvalue weighted by molar-refractivity contribution is 5.86. The van der Waals surface area contributed by atoms with E-state index in [4.69, 9.17) is 10.00 Å². The summed E-state index contributed by atoms with van der Waals surface area (Å²) >= 11 is 0. The van der Waals surface area contributed by atoms with Crippen molar-refractivity contribution < 1.29 is 9.53 Å². The van der Waals surface area contributed by atoms with Crippen LogP contribution in [0.2, 0.25) is 0 Å². The Balaban J connectivity index is 1.84. The van der Waals surface area contributed by atoms with E-state index in [2.05, 4.69) is 16.4 Å². The molecule has 6 heteroatoms. The van der Waals surface area contributed by atoms with Gasteiger partial charge >= 0.3 is 0 Å². The molecule has 2 aliphatic rings. The maximum Gasteiger partial charge on any atom is 0.245 e. The van der Waals surface area contributed by atoms with Gasteiger partial charge < -0.3 is 15.0 Å². The summed E-state index contributed by atoms with van der Waals surface area (Å²) in [4.78, 5) is 18.8. The number of morpholine rings is 1. The van der Waals surface area contributed by atoms with Crippen LogP contribution in [0.4, 0.5) is 5.82 Å². The molecule has 1 saturated heterocycles. The minimum Gasteiger partial charge on any atom is -0.377 e. The molecule has 3 rings (SSSR count). The van der Waals surface area contributed by atoms with Crippen molar-refractivity contribution in [1.29, 1.82) is 5.26 Å². The third-order valence-electron chi connectivity index (χ3n) is 3.72. The van der Waals surface area contributed by atoms with Gasteiger partial charge in [0, 0.05) is 18.3 Å². The summed E-state index contributed by atoms with van der Waals surface area (Å²) in [6.07, 6.45) is 2.11. The van der Waals surface area contributed by atoms with Crippen molar-refractivity contribution in [2.45, 2.75) is 31.8 Å². The van der Waals surface area contributed by atoms with E-state index < -0.39 is 0 Å². The number of carbonyl (C=O) groups is 1. The number of nitrogens with one attached hydrogen (secondary N) is 1. The van der Waals surface area contributed by atoms with Gasteiger partial charge in [-0.25, -0.2) is 4.98 Å². The second-order valence-electron chi connectivity index (χ2n) is 5.53. The minimum absolute atomic E-state index is 0.0148. The molecule has 1 aliphatic carbocycles. The van der Waals surface area contributed by atoms with Crippen molar-refractivity contribution >= 4 is 11.7 Å². The lowest BCUT2D eigenvalue weighted by atomic mass is 10.1. The standard InChI is InChI=1S/C15H18N4O2/c1-10-6-11(8-16)7-14(17-10)19-4-5-21-9-13(19)15(20)18-12-2-3-12/h6-7,12-13H,2-5,9H2,1H3,(H,18,20). The van der Waals surface area contributed by atoms with Crippen LogP contribution in [0.15, 0.2) is 12.1 Å². The molecule has 1 aromatic rings. The van der Waals surface area contributed by atoms with Crippen LogP contribution in [0.25, 0.3) is 0 Å². The third kappa shape index (κ3) is 3.14. The number of nitriles is 1. The first kappa shape index (κ1) is 13.8. The molecule has 0 radical (unpaired) electrons. The van der Waals surface area contributed by atoms with Gasteiger partial charge in [-0.2, -0.15) is 5.26 Å². The molecule has 1 unspecified atom stereocenters. The third-order valence-corrected chi connectivity index (χ3v) is 3.72. The summed E-state index contributed by atoms with van der Waals surface area (Å²) in [5, 5.41) is 12.1. The molecule has 2 heterocycles. The molecule has 21 heavy (non-hydrogen) atoms. The van der Waals surface area contributed by atoms with E-state index in [0.29, 0.717) is 37.2 Å². The zero-order chi connectivity index (χ0) is 14.8. The molecule has 1 aromatic heterocycles. The fourth-order valence-electron chi connectivity index (χ4n) is 2.48. The number of hydrogen-bond donors (Lipinski definition) is 1. The van der Waals surface area contributed by atoms with Crippen LogP contribution in [0.5, 0.6) is 0 Å². The molecule has 1 saturated carbocycles. The SMILES string of the molecule is Cc1cc(C#N)cc(N2CCOCC2C(=O)NC2CC2)n1. The van der Waals surface area contributed by atoms with Gasteiger partial charge in [0.25, 0.3) is 0 Å². The lowest BCUT2D eigenvalue weighted by molar-refractivity contribution is -0.124. The first-order chi connectivity index (χ1) is 10.2. The van der Waals surface area contributed by atoms with E-state index >= 15 is 0 Å². The van der Waals surface area contributed by atoms with Crippen molar-refractivity contribution in [2.75, 3.05) is 24.7 Å². The molecule has 1 aliphatic heterocycles. The van der Waals surface area contributed by atoms with E-state index in [9.17, 15) is 4.79 Å². The molecule has 6 nitrogen and oxygen atoms in total. The van der Waals surface area contributed by atoms with Gasteiger partial charge in [-0.05, 0) is 31.9 Å². The normalized spacial score (nSPS) is 21.7. The van der Waals surface area contributed by atoms with Crippen LogP contribution in [-0.4, -0.2) is 42.7 Å². The van der Waals surface area contributed by atoms with E-state index in [0.717, 1.165) is 18.5 Å². The molecule has 0 aromatic carbocycles. The maximum atomic E-state index is 12.3. The highest BCUT2D eigenvalue weighted by atomic mass is 16.5. The average Bonchev–Trinajstić information content (AvgIpc) is 3.30. The molecule has 1 amide bonds. The predicted molar refractivity (Wildman–Crippen MR) is 76.8 cm³/mol. The fraction of sp³-hybridized carbons (Fsp3) is 0.533. The Morgan fingerprint density at radius 1 is 1.52 bits per heavy atom. The maximum absolute atomic E-state index is 12.3. The second kappa shape index (κ2) is 5.70. The zero-order valence-electron chi connectivity index (χ0n) is 12.0. The smallest absolute Gasteiger partial charge is 0.245 e. The topological polar surface area (TPSA) is 78.2 Å². The van der Waals surface area contributed by atoms with Gasteiger partial charge in [0.05, 0.1) is 24.8 Å². The van der Waals surface area contributed by atoms with Gasteiger partial charge in [-0.3, -0.25) is 4.79 Å². The summed E-state index contributed by atoms with van der Waals surface area (Å²) in [5.41, 5.74) is 1.34. The van der Waals surface area contributed by atoms with Crippen molar-refractivity contribution in [1.82, 2.24) is 10.3 Å². The van der Waals surface area contributed by atoms with Crippen molar-refractivity contribution in [3.8, 4) is 6.07 Å². The van der Waals surface area contributed by atoms with E-state index in [1.165, 1.54) is 0 Å². The quantitative estimate of drug-likeness (QED) is 0.887. The Hall–Kier alpha value is -2.13.